The van der Waals surface area contributed by atoms with Gasteiger partial charge in [0.05, 0.1) is 20.2 Å². The summed E-state index contributed by atoms with van der Waals surface area (Å²) in [5.74, 6) is -0.938. The van der Waals surface area contributed by atoms with Crippen LogP contribution in [0.2, 0.25) is 0 Å². The lowest BCUT2D eigenvalue weighted by Gasteiger charge is -2.34. The van der Waals surface area contributed by atoms with Gasteiger partial charge < -0.3 is 15.4 Å². The molecule has 1 aliphatic heterocycles. The molecular formula is C16H21N3O4. The van der Waals surface area contributed by atoms with Crippen LogP contribution in [0.5, 0.6) is 0 Å². The van der Waals surface area contributed by atoms with Gasteiger partial charge in [0.15, 0.2) is 0 Å². The first kappa shape index (κ1) is 17.0. The van der Waals surface area contributed by atoms with Gasteiger partial charge in [0.2, 0.25) is 11.8 Å². The van der Waals surface area contributed by atoms with Crippen molar-refractivity contribution in [3.63, 3.8) is 0 Å². The zero-order valence-electron chi connectivity index (χ0n) is 13.3. The molecule has 2 amide bonds. The van der Waals surface area contributed by atoms with Crippen LogP contribution in [0.15, 0.2) is 24.3 Å². The van der Waals surface area contributed by atoms with Crippen molar-refractivity contribution in [2.45, 2.75) is 19.0 Å². The number of hydrogen-bond donors (Lipinski definition) is 2. The summed E-state index contributed by atoms with van der Waals surface area (Å²) in [4.78, 5) is 37.0. The van der Waals surface area contributed by atoms with Crippen molar-refractivity contribution >= 4 is 17.8 Å². The average molecular weight is 319 g/mol. The Labute approximate surface area is 135 Å². The van der Waals surface area contributed by atoms with Crippen molar-refractivity contribution in [1.29, 1.82) is 0 Å². The smallest absolute Gasteiger partial charge is 0.323 e. The Kier molecular flexibility index (Phi) is 5.70. The first-order valence-electron chi connectivity index (χ1n) is 7.41. The molecule has 2 N–H and O–H groups in total. The molecule has 1 heterocycles. The van der Waals surface area contributed by atoms with E-state index in [1.54, 1.807) is 4.90 Å². The molecule has 0 radical (unpaired) electrons. The van der Waals surface area contributed by atoms with Crippen LogP contribution < -0.4 is 10.6 Å². The van der Waals surface area contributed by atoms with Gasteiger partial charge in [-0.15, -0.1) is 0 Å². The minimum absolute atomic E-state index is 0.0328. The summed E-state index contributed by atoms with van der Waals surface area (Å²) in [5.41, 5.74) is 2.18. The van der Waals surface area contributed by atoms with Gasteiger partial charge in [0.25, 0.3) is 0 Å². The summed E-state index contributed by atoms with van der Waals surface area (Å²) in [6.07, 6.45) is 0.506. The van der Waals surface area contributed by atoms with E-state index in [2.05, 4.69) is 10.6 Å². The minimum Gasteiger partial charge on any atom is -0.468 e. The van der Waals surface area contributed by atoms with Crippen LogP contribution in [0.25, 0.3) is 0 Å². The van der Waals surface area contributed by atoms with Gasteiger partial charge in [-0.05, 0) is 17.5 Å². The molecule has 1 atom stereocenters. The van der Waals surface area contributed by atoms with Crippen LogP contribution in [0.3, 0.4) is 0 Å². The van der Waals surface area contributed by atoms with Gasteiger partial charge in [0.1, 0.15) is 6.04 Å². The van der Waals surface area contributed by atoms with Crippen LogP contribution in [0.4, 0.5) is 0 Å². The Morgan fingerprint density at radius 3 is 2.57 bits per heavy atom. The number of amides is 2. The molecule has 1 aliphatic rings. The normalized spacial score (nSPS) is 17.0. The van der Waals surface area contributed by atoms with E-state index in [1.807, 2.05) is 24.3 Å². The molecule has 0 bridgehead atoms. The van der Waals surface area contributed by atoms with E-state index < -0.39 is 6.04 Å². The van der Waals surface area contributed by atoms with E-state index in [1.165, 1.54) is 14.2 Å². The van der Waals surface area contributed by atoms with Crippen LogP contribution in [-0.2, 0) is 32.1 Å². The number of likely N-dealkylation sites (N-methyl/N-ethyl adjacent to an activating group) is 1. The lowest BCUT2D eigenvalue weighted by Crippen LogP contribution is -2.50. The highest BCUT2D eigenvalue weighted by atomic mass is 16.5. The number of nitrogens with one attached hydrogen (secondary N) is 2. The van der Waals surface area contributed by atoms with Gasteiger partial charge in [-0.1, -0.05) is 24.3 Å². The standard InChI is InChI=1S/C16H21N3O4/c1-17-14(20)8-18-15(21)10-19-9-12-6-4-3-5-11(12)7-13(19)16(22)23-2/h3-6,13H,7-10H2,1-2H3,(H,17,20)(H,18,21)/t13-/m0/s1. The fraction of sp³-hybridized carbons (Fsp3) is 0.438. The molecule has 0 aliphatic carbocycles. The maximum absolute atomic E-state index is 12.0. The molecular weight excluding hydrogens is 298 g/mol. The number of methoxy groups -OCH3 is 1. The van der Waals surface area contributed by atoms with E-state index in [0.717, 1.165) is 11.1 Å². The van der Waals surface area contributed by atoms with E-state index in [4.69, 9.17) is 4.74 Å². The average Bonchev–Trinajstić information content (AvgIpc) is 2.58. The number of ether oxygens (including phenoxy) is 1. The summed E-state index contributed by atoms with van der Waals surface area (Å²) in [6, 6.07) is 7.33. The molecule has 2 rings (SSSR count). The Hall–Kier alpha value is -2.41. The Balaban J connectivity index is 2.06. The topological polar surface area (TPSA) is 87.7 Å². The van der Waals surface area contributed by atoms with Gasteiger partial charge in [-0.3, -0.25) is 19.3 Å². The number of carbonyl (C=O) groups excluding carboxylic acids is 3. The van der Waals surface area contributed by atoms with Crippen molar-refractivity contribution in [3.05, 3.63) is 35.4 Å². The zero-order chi connectivity index (χ0) is 16.8. The fourth-order valence-corrected chi connectivity index (χ4v) is 2.62. The second-order valence-corrected chi connectivity index (χ2v) is 5.37. The van der Waals surface area contributed by atoms with Gasteiger partial charge in [0, 0.05) is 13.6 Å². The van der Waals surface area contributed by atoms with Crippen molar-refractivity contribution in [1.82, 2.24) is 15.5 Å². The Morgan fingerprint density at radius 1 is 1.22 bits per heavy atom. The third kappa shape index (κ3) is 4.29. The number of carbonyl (C=O) groups is 3. The third-order valence-electron chi connectivity index (χ3n) is 3.89. The minimum atomic E-state index is -0.499. The highest BCUT2D eigenvalue weighted by Gasteiger charge is 2.33. The van der Waals surface area contributed by atoms with Gasteiger partial charge in [-0.25, -0.2) is 0 Å². The highest BCUT2D eigenvalue weighted by molar-refractivity contribution is 5.86. The van der Waals surface area contributed by atoms with Gasteiger partial charge >= 0.3 is 5.97 Å². The molecule has 1 aromatic rings. The number of rotatable bonds is 5. The zero-order valence-corrected chi connectivity index (χ0v) is 13.3. The molecule has 0 unspecified atom stereocenters. The Bertz CT molecular complexity index is 603. The fourth-order valence-electron chi connectivity index (χ4n) is 2.62. The largest absolute Gasteiger partial charge is 0.468 e. The molecule has 0 spiro atoms. The highest BCUT2D eigenvalue weighted by Crippen LogP contribution is 2.23. The SMILES string of the molecule is CNC(=O)CNC(=O)CN1Cc2ccccc2C[C@H]1C(=O)OC. The summed E-state index contributed by atoms with van der Waals surface area (Å²) < 4.78 is 4.86. The van der Waals surface area contributed by atoms with E-state index in [0.29, 0.717) is 13.0 Å². The second kappa shape index (κ2) is 7.73. The van der Waals surface area contributed by atoms with Crippen LogP contribution in [0, 0.1) is 0 Å². The predicted octanol–water partition coefficient (Wildman–Crippen LogP) is -0.551. The van der Waals surface area contributed by atoms with E-state index in [-0.39, 0.29) is 30.9 Å². The lowest BCUT2D eigenvalue weighted by atomic mass is 9.94. The second-order valence-electron chi connectivity index (χ2n) is 5.37. The summed E-state index contributed by atoms with van der Waals surface area (Å²) >= 11 is 0. The molecule has 1 aromatic carbocycles. The van der Waals surface area contributed by atoms with Crippen molar-refractivity contribution in [2.24, 2.45) is 0 Å². The van der Waals surface area contributed by atoms with Gasteiger partial charge in [-0.2, -0.15) is 0 Å². The first-order chi connectivity index (χ1) is 11.0. The molecule has 23 heavy (non-hydrogen) atoms. The summed E-state index contributed by atoms with van der Waals surface area (Å²) in [7, 11) is 2.84. The van der Waals surface area contributed by atoms with Crippen LogP contribution in [-0.4, -0.2) is 56.0 Å². The lowest BCUT2D eigenvalue weighted by molar-refractivity contribution is -0.148. The number of benzene rings is 1. The summed E-state index contributed by atoms with van der Waals surface area (Å²) in [5, 5.41) is 4.97. The number of fused-ring (bicyclic) bond motifs is 1. The number of hydrogen-bond acceptors (Lipinski definition) is 5. The van der Waals surface area contributed by atoms with Crippen LogP contribution in [0.1, 0.15) is 11.1 Å². The predicted molar refractivity (Wildman–Crippen MR) is 83.4 cm³/mol. The number of esters is 1. The molecule has 0 fully saturated rings. The molecule has 124 valence electrons. The van der Waals surface area contributed by atoms with Crippen molar-refractivity contribution in [3.8, 4) is 0 Å². The monoisotopic (exact) mass is 319 g/mol. The van der Waals surface area contributed by atoms with E-state index in [9.17, 15) is 14.4 Å². The summed E-state index contributed by atoms with van der Waals surface area (Å²) in [6.45, 7) is 0.442. The number of nitrogens with zero attached hydrogens (tertiary/aromatic N) is 1. The molecule has 7 nitrogen and oxygen atoms in total. The molecule has 0 aromatic heterocycles. The van der Waals surface area contributed by atoms with E-state index >= 15 is 0 Å². The molecule has 0 saturated heterocycles. The molecule has 0 saturated carbocycles. The maximum atomic E-state index is 12.0. The Morgan fingerprint density at radius 2 is 1.91 bits per heavy atom. The quantitative estimate of drug-likeness (QED) is 0.711. The third-order valence-corrected chi connectivity index (χ3v) is 3.89. The molecule has 7 heteroatoms. The van der Waals surface area contributed by atoms with Crippen molar-refractivity contribution in [2.75, 3.05) is 27.2 Å². The van der Waals surface area contributed by atoms with Crippen LogP contribution >= 0.6 is 0 Å². The first-order valence-corrected chi connectivity index (χ1v) is 7.41. The van der Waals surface area contributed by atoms with Crippen molar-refractivity contribution < 1.29 is 19.1 Å². The maximum Gasteiger partial charge on any atom is 0.323 e.